The van der Waals surface area contributed by atoms with Gasteiger partial charge in [0, 0.05) is 11.1 Å². The van der Waals surface area contributed by atoms with Gasteiger partial charge in [-0.2, -0.15) is 0 Å². The summed E-state index contributed by atoms with van der Waals surface area (Å²) in [7, 11) is 0. The fourth-order valence-corrected chi connectivity index (χ4v) is 1.82. The van der Waals surface area contributed by atoms with Crippen LogP contribution in [0.5, 0.6) is 0 Å². The predicted molar refractivity (Wildman–Crippen MR) is 69.2 cm³/mol. The van der Waals surface area contributed by atoms with Crippen LogP contribution in [0.3, 0.4) is 0 Å². The fraction of sp³-hybridized carbons (Fsp3) is 0.333. The fourth-order valence-electron chi connectivity index (χ4n) is 1.57. The molecule has 0 saturated carbocycles. The van der Waals surface area contributed by atoms with Crippen molar-refractivity contribution >= 4 is 15.9 Å². The highest BCUT2D eigenvalue weighted by molar-refractivity contribution is 9.10. The third-order valence-corrected chi connectivity index (χ3v) is 3.43. The van der Waals surface area contributed by atoms with E-state index in [-0.39, 0.29) is 6.61 Å². The van der Waals surface area contributed by atoms with Crippen molar-refractivity contribution in [2.24, 2.45) is 0 Å². The molecular weight excluding hydrogens is 282 g/mol. The van der Waals surface area contributed by atoms with E-state index in [1.165, 1.54) is 0 Å². The monoisotopic (exact) mass is 295 g/mol. The number of aliphatic hydroxyl groups excluding tert-OH is 1. The van der Waals surface area contributed by atoms with Crippen LogP contribution >= 0.6 is 15.9 Å². The Kier molecular flexibility index (Phi) is 3.91. The van der Waals surface area contributed by atoms with E-state index in [0.29, 0.717) is 0 Å². The van der Waals surface area contributed by atoms with Crippen molar-refractivity contribution in [2.45, 2.75) is 19.8 Å². The molecule has 1 aromatic carbocycles. The Hall–Kier alpha value is -1.20. The molecule has 0 spiro atoms. The summed E-state index contributed by atoms with van der Waals surface area (Å²) in [5, 5.41) is 16.9. The van der Waals surface area contributed by atoms with Gasteiger partial charge in [-0.1, -0.05) is 21.1 Å². The van der Waals surface area contributed by atoms with Gasteiger partial charge in [0.2, 0.25) is 0 Å². The lowest BCUT2D eigenvalue weighted by Gasteiger charge is -2.02. The molecule has 1 N–H and O–H groups in total. The molecule has 17 heavy (non-hydrogen) atoms. The lowest BCUT2D eigenvalue weighted by atomic mass is 10.2. The van der Waals surface area contributed by atoms with Gasteiger partial charge in [-0.05, 0) is 43.5 Å². The number of nitrogens with zero attached hydrogens (tertiary/aromatic N) is 3. The molecule has 0 unspecified atom stereocenters. The van der Waals surface area contributed by atoms with Gasteiger partial charge in [0.1, 0.15) is 0 Å². The molecule has 1 heterocycles. The first-order valence-corrected chi connectivity index (χ1v) is 6.28. The van der Waals surface area contributed by atoms with Crippen molar-refractivity contribution in [1.29, 1.82) is 0 Å². The molecule has 0 bridgehead atoms. The quantitative estimate of drug-likeness (QED) is 0.941. The van der Waals surface area contributed by atoms with E-state index in [1.54, 1.807) is 4.68 Å². The lowest BCUT2D eigenvalue weighted by Crippen LogP contribution is -1.95. The molecule has 2 aromatic rings. The first-order valence-electron chi connectivity index (χ1n) is 5.49. The SMILES string of the molecule is Cc1cc(-n2cc(CCCO)nn2)ccc1Br. The number of aryl methyl sites for hydroxylation is 2. The summed E-state index contributed by atoms with van der Waals surface area (Å²) < 4.78 is 2.84. The second kappa shape index (κ2) is 5.42. The highest BCUT2D eigenvalue weighted by Crippen LogP contribution is 2.19. The first kappa shape index (κ1) is 12.3. The van der Waals surface area contributed by atoms with Crippen LogP contribution in [0.1, 0.15) is 17.7 Å². The van der Waals surface area contributed by atoms with Crippen LogP contribution in [0.2, 0.25) is 0 Å². The number of rotatable bonds is 4. The molecule has 0 aliphatic rings. The van der Waals surface area contributed by atoms with Crippen LogP contribution in [0.4, 0.5) is 0 Å². The van der Waals surface area contributed by atoms with Gasteiger partial charge in [0.05, 0.1) is 17.6 Å². The highest BCUT2D eigenvalue weighted by Gasteiger charge is 2.04. The summed E-state index contributed by atoms with van der Waals surface area (Å²) in [4.78, 5) is 0. The largest absolute Gasteiger partial charge is 0.396 e. The van der Waals surface area contributed by atoms with Crippen molar-refractivity contribution in [3.63, 3.8) is 0 Å². The van der Waals surface area contributed by atoms with Crippen LogP contribution in [-0.4, -0.2) is 26.7 Å². The Balaban J connectivity index is 2.21. The van der Waals surface area contributed by atoms with Crippen LogP contribution in [0, 0.1) is 6.92 Å². The zero-order valence-electron chi connectivity index (χ0n) is 9.60. The normalized spacial score (nSPS) is 10.8. The molecule has 4 nitrogen and oxygen atoms in total. The van der Waals surface area contributed by atoms with Gasteiger partial charge < -0.3 is 5.11 Å². The molecule has 90 valence electrons. The molecule has 0 radical (unpaired) electrons. The van der Waals surface area contributed by atoms with Crippen molar-refractivity contribution in [3.8, 4) is 5.69 Å². The average molecular weight is 296 g/mol. The van der Waals surface area contributed by atoms with Crippen LogP contribution in [0.15, 0.2) is 28.9 Å². The van der Waals surface area contributed by atoms with Gasteiger partial charge in [-0.25, -0.2) is 4.68 Å². The number of hydrogen-bond donors (Lipinski definition) is 1. The minimum Gasteiger partial charge on any atom is -0.396 e. The van der Waals surface area contributed by atoms with Gasteiger partial charge in [-0.15, -0.1) is 5.10 Å². The second-order valence-electron chi connectivity index (χ2n) is 3.92. The Morgan fingerprint density at radius 1 is 1.41 bits per heavy atom. The number of hydrogen-bond acceptors (Lipinski definition) is 3. The van der Waals surface area contributed by atoms with E-state index in [0.717, 1.165) is 34.3 Å². The molecule has 5 heteroatoms. The zero-order chi connectivity index (χ0) is 12.3. The number of aromatic nitrogens is 3. The van der Waals surface area contributed by atoms with Crippen LogP contribution in [-0.2, 0) is 6.42 Å². The summed E-state index contributed by atoms with van der Waals surface area (Å²) in [6, 6.07) is 6.04. The molecule has 0 fully saturated rings. The van der Waals surface area contributed by atoms with E-state index in [1.807, 2.05) is 25.3 Å². The molecular formula is C12H14BrN3O. The van der Waals surface area contributed by atoms with Crippen molar-refractivity contribution < 1.29 is 5.11 Å². The Labute approximate surface area is 108 Å². The van der Waals surface area contributed by atoms with E-state index in [9.17, 15) is 0 Å². The smallest absolute Gasteiger partial charge is 0.0832 e. The number of aliphatic hydroxyl groups is 1. The molecule has 0 atom stereocenters. The molecule has 0 saturated heterocycles. The highest BCUT2D eigenvalue weighted by atomic mass is 79.9. The Morgan fingerprint density at radius 2 is 2.24 bits per heavy atom. The molecule has 0 aliphatic heterocycles. The van der Waals surface area contributed by atoms with Crippen molar-refractivity contribution in [3.05, 3.63) is 40.1 Å². The van der Waals surface area contributed by atoms with E-state index in [4.69, 9.17) is 5.11 Å². The number of benzene rings is 1. The number of halogens is 1. The first-order chi connectivity index (χ1) is 8.20. The Morgan fingerprint density at radius 3 is 2.94 bits per heavy atom. The summed E-state index contributed by atoms with van der Waals surface area (Å²) >= 11 is 3.47. The maximum atomic E-state index is 8.76. The maximum absolute atomic E-state index is 8.76. The molecule has 2 rings (SSSR count). The topological polar surface area (TPSA) is 50.9 Å². The zero-order valence-corrected chi connectivity index (χ0v) is 11.2. The standard InChI is InChI=1S/C12H14BrN3O/c1-9-7-11(4-5-12(9)13)16-8-10(14-15-16)3-2-6-17/h4-5,7-8,17H,2-3,6H2,1H3. The summed E-state index contributed by atoms with van der Waals surface area (Å²) in [5.74, 6) is 0. The third-order valence-electron chi connectivity index (χ3n) is 2.54. The average Bonchev–Trinajstić information content (AvgIpc) is 2.79. The minimum atomic E-state index is 0.185. The van der Waals surface area contributed by atoms with Crippen molar-refractivity contribution in [2.75, 3.05) is 6.61 Å². The minimum absolute atomic E-state index is 0.185. The summed E-state index contributed by atoms with van der Waals surface area (Å²) in [5.41, 5.74) is 3.06. The molecule has 1 aromatic heterocycles. The van der Waals surface area contributed by atoms with Gasteiger partial charge >= 0.3 is 0 Å². The van der Waals surface area contributed by atoms with Gasteiger partial charge in [0.15, 0.2) is 0 Å². The maximum Gasteiger partial charge on any atom is 0.0832 e. The molecule has 0 amide bonds. The van der Waals surface area contributed by atoms with Crippen molar-refractivity contribution in [1.82, 2.24) is 15.0 Å². The van der Waals surface area contributed by atoms with E-state index >= 15 is 0 Å². The predicted octanol–water partition coefficient (Wildman–Crippen LogP) is 2.26. The molecule has 0 aliphatic carbocycles. The summed E-state index contributed by atoms with van der Waals surface area (Å²) in [6.07, 6.45) is 3.38. The van der Waals surface area contributed by atoms with Gasteiger partial charge in [-0.3, -0.25) is 0 Å². The second-order valence-corrected chi connectivity index (χ2v) is 4.77. The van der Waals surface area contributed by atoms with Crippen LogP contribution < -0.4 is 0 Å². The Bertz CT molecular complexity index is 510. The summed E-state index contributed by atoms with van der Waals surface area (Å²) in [6.45, 7) is 2.22. The third kappa shape index (κ3) is 2.92. The van der Waals surface area contributed by atoms with Crippen LogP contribution in [0.25, 0.3) is 5.69 Å². The van der Waals surface area contributed by atoms with Gasteiger partial charge in [0.25, 0.3) is 0 Å². The van der Waals surface area contributed by atoms with E-state index < -0.39 is 0 Å². The lowest BCUT2D eigenvalue weighted by molar-refractivity contribution is 0.288. The van der Waals surface area contributed by atoms with E-state index in [2.05, 4.69) is 32.3 Å².